The molecule has 0 fully saturated rings. The second kappa shape index (κ2) is 10.5. The molecule has 0 saturated heterocycles. The molecule has 0 saturated carbocycles. The smallest absolute Gasteiger partial charge is 0.222 e. The molecule has 0 aliphatic heterocycles. The van der Waals surface area contributed by atoms with Crippen LogP contribution in [0.2, 0.25) is 0 Å². The maximum atomic E-state index is 11.8. The van der Waals surface area contributed by atoms with E-state index >= 15 is 0 Å². The number of rotatable bonds is 8. The lowest BCUT2D eigenvalue weighted by molar-refractivity contribution is -0.124. The number of carbonyl (C=O) groups is 1. The van der Waals surface area contributed by atoms with Crippen LogP contribution in [-0.2, 0) is 4.79 Å². The average Bonchev–Trinajstić information content (AvgIpc) is 2.39. The van der Waals surface area contributed by atoms with E-state index in [-0.39, 0.29) is 30.3 Å². The third-order valence-corrected chi connectivity index (χ3v) is 2.91. The number of halogens is 1. The van der Waals surface area contributed by atoms with Crippen LogP contribution in [0.3, 0.4) is 0 Å². The molecular formula is C15H25ClN2O2. The molecule has 0 spiro atoms. The molecule has 1 aromatic rings. The van der Waals surface area contributed by atoms with Gasteiger partial charge in [-0.1, -0.05) is 25.1 Å². The second-order valence-electron chi connectivity index (χ2n) is 4.91. The zero-order chi connectivity index (χ0) is 14.1. The molecular weight excluding hydrogens is 276 g/mol. The maximum Gasteiger partial charge on any atom is 0.222 e. The SMILES string of the molecule is CC(N)CCNC(=O)C(C)CCOc1ccccc1.Cl. The van der Waals surface area contributed by atoms with Crippen molar-refractivity contribution < 1.29 is 9.53 Å². The summed E-state index contributed by atoms with van der Waals surface area (Å²) >= 11 is 0. The van der Waals surface area contributed by atoms with Crippen molar-refractivity contribution in [1.82, 2.24) is 5.32 Å². The summed E-state index contributed by atoms with van der Waals surface area (Å²) in [5.74, 6) is 0.862. The van der Waals surface area contributed by atoms with Crippen molar-refractivity contribution in [3.8, 4) is 5.75 Å². The van der Waals surface area contributed by atoms with Crippen molar-refractivity contribution >= 4 is 18.3 Å². The minimum atomic E-state index is -0.0446. The van der Waals surface area contributed by atoms with Crippen LogP contribution in [0.5, 0.6) is 5.75 Å². The molecule has 0 bridgehead atoms. The van der Waals surface area contributed by atoms with Gasteiger partial charge < -0.3 is 15.8 Å². The highest BCUT2D eigenvalue weighted by Crippen LogP contribution is 2.10. The highest BCUT2D eigenvalue weighted by atomic mass is 35.5. The van der Waals surface area contributed by atoms with E-state index in [0.29, 0.717) is 19.6 Å². The Hall–Kier alpha value is -1.26. The summed E-state index contributed by atoms with van der Waals surface area (Å²) in [6.07, 6.45) is 1.51. The predicted molar refractivity (Wildman–Crippen MR) is 84.2 cm³/mol. The fourth-order valence-corrected chi connectivity index (χ4v) is 1.60. The fraction of sp³-hybridized carbons (Fsp3) is 0.533. The molecule has 1 rings (SSSR count). The lowest BCUT2D eigenvalue weighted by Crippen LogP contribution is -2.33. The zero-order valence-electron chi connectivity index (χ0n) is 12.2. The first kappa shape index (κ1) is 18.7. The first-order chi connectivity index (χ1) is 9.09. The van der Waals surface area contributed by atoms with Gasteiger partial charge in [0.1, 0.15) is 5.75 Å². The third-order valence-electron chi connectivity index (χ3n) is 2.91. The second-order valence-corrected chi connectivity index (χ2v) is 4.91. The topological polar surface area (TPSA) is 64.3 Å². The number of hydrogen-bond donors (Lipinski definition) is 2. The predicted octanol–water partition coefficient (Wildman–Crippen LogP) is 2.37. The van der Waals surface area contributed by atoms with E-state index in [2.05, 4.69) is 5.32 Å². The van der Waals surface area contributed by atoms with Crippen molar-refractivity contribution in [1.29, 1.82) is 0 Å². The van der Waals surface area contributed by atoms with Crippen LogP contribution >= 0.6 is 12.4 Å². The van der Waals surface area contributed by atoms with E-state index in [0.717, 1.165) is 12.2 Å². The third kappa shape index (κ3) is 8.02. The van der Waals surface area contributed by atoms with Gasteiger partial charge in [0, 0.05) is 18.5 Å². The molecule has 4 nitrogen and oxygen atoms in total. The highest BCUT2D eigenvalue weighted by molar-refractivity contribution is 5.85. The van der Waals surface area contributed by atoms with Crippen molar-refractivity contribution in [3.05, 3.63) is 30.3 Å². The number of para-hydroxylation sites is 1. The summed E-state index contributed by atoms with van der Waals surface area (Å²) in [4.78, 5) is 11.8. The molecule has 114 valence electrons. The summed E-state index contributed by atoms with van der Waals surface area (Å²) in [5, 5.41) is 2.89. The largest absolute Gasteiger partial charge is 0.494 e. The number of nitrogens with one attached hydrogen (secondary N) is 1. The van der Waals surface area contributed by atoms with Crippen molar-refractivity contribution in [2.45, 2.75) is 32.7 Å². The van der Waals surface area contributed by atoms with E-state index in [1.807, 2.05) is 44.2 Å². The van der Waals surface area contributed by atoms with E-state index < -0.39 is 0 Å². The number of amides is 1. The van der Waals surface area contributed by atoms with Crippen LogP contribution in [0, 0.1) is 5.92 Å². The van der Waals surface area contributed by atoms with Crippen LogP contribution < -0.4 is 15.8 Å². The molecule has 1 aromatic carbocycles. The Morgan fingerprint density at radius 1 is 1.25 bits per heavy atom. The molecule has 20 heavy (non-hydrogen) atoms. The molecule has 2 unspecified atom stereocenters. The average molecular weight is 301 g/mol. The van der Waals surface area contributed by atoms with Crippen molar-refractivity contribution in [2.75, 3.05) is 13.2 Å². The highest BCUT2D eigenvalue weighted by Gasteiger charge is 2.12. The standard InChI is InChI=1S/C15H24N2O2.ClH/c1-12(15(18)17-10-8-13(2)16)9-11-19-14-6-4-3-5-7-14;/h3-7,12-13H,8-11,16H2,1-2H3,(H,17,18);1H. The van der Waals surface area contributed by atoms with Crippen LogP contribution in [0.1, 0.15) is 26.7 Å². The number of nitrogens with two attached hydrogens (primary N) is 1. The molecule has 5 heteroatoms. The van der Waals surface area contributed by atoms with Crippen molar-refractivity contribution in [3.63, 3.8) is 0 Å². The number of carbonyl (C=O) groups excluding carboxylic acids is 1. The first-order valence-electron chi connectivity index (χ1n) is 6.80. The Bertz CT molecular complexity index is 371. The van der Waals surface area contributed by atoms with Gasteiger partial charge >= 0.3 is 0 Å². The van der Waals surface area contributed by atoms with Crippen molar-refractivity contribution in [2.24, 2.45) is 11.7 Å². The maximum absolute atomic E-state index is 11.8. The number of hydrogen-bond acceptors (Lipinski definition) is 3. The van der Waals surface area contributed by atoms with Crippen LogP contribution in [0.4, 0.5) is 0 Å². The Labute approximate surface area is 127 Å². The van der Waals surface area contributed by atoms with E-state index in [4.69, 9.17) is 10.5 Å². The quantitative estimate of drug-likeness (QED) is 0.774. The zero-order valence-corrected chi connectivity index (χ0v) is 13.0. The lowest BCUT2D eigenvalue weighted by atomic mass is 10.1. The molecule has 0 aliphatic carbocycles. The van der Waals surface area contributed by atoms with E-state index in [1.54, 1.807) is 0 Å². The normalized spacial score (nSPS) is 12.9. The molecule has 1 amide bonds. The minimum absolute atomic E-state index is 0. The van der Waals surface area contributed by atoms with Crippen LogP contribution in [0.15, 0.2) is 30.3 Å². The molecule has 2 atom stereocenters. The van der Waals surface area contributed by atoms with Gasteiger partial charge in [0.25, 0.3) is 0 Å². The Kier molecular flexibility index (Phi) is 9.86. The van der Waals surface area contributed by atoms with Gasteiger partial charge in [-0.3, -0.25) is 4.79 Å². The number of ether oxygens (including phenoxy) is 1. The Morgan fingerprint density at radius 2 is 1.90 bits per heavy atom. The van der Waals surface area contributed by atoms with Crippen LogP contribution in [-0.4, -0.2) is 25.1 Å². The van der Waals surface area contributed by atoms with Gasteiger partial charge in [0.15, 0.2) is 0 Å². The molecule has 0 aromatic heterocycles. The Balaban J connectivity index is 0.00000361. The summed E-state index contributed by atoms with van der Waals surface area (Å²) < 4.78 is 5.57. The van der Waals surface area contributed by atoms with Gasteiger partial charge in [0.05, 0.1) is 6.61 Å². The minimum Gasteiger partial charge on any atom is -0.494 e. The summed E-state index contributed by atoms with van der Waals surface area (Å²) in [7, 11) is 0. The Morgan fingerprint density at radius 3 is 2.50 bits per heavy atom. The van der Waals surface area contributed by atoms with Crippen LogP contribution in [0.25, 0.3) is 0 Å². The summed E-state index contributed by atoms with van der Waals surface area (Å²) in [6.45, 7) is 5.03. The first-order valence-corrected chi connectivity index (χ1v) is 6.80. The van der Waals surface area contributed by atoms with E-state index in [1.165, 1.54) is 0 Å². The summed E-state index contributed by atoms with van der Waals surface area (Å²) in [5.41, 5.74) is 5.63. The molecule has 0 aliphatic rings. The van der Waals surface area contributed by atoms with E-state index in [9.17, 15) is 4.79 Å². The lowest BCUT2D eigenvalue weighted by Gasteiger charge is -2.13. The van der Waals surface area contributed by atoms with Gasteiger partial charge in [-0.25, -0.2) is 0 Å². The molecule has 0 radical (unpaired) electrons. The molecule has 3 N–H and O–H groups in total. The van der Waals surface area contributed by atoms with Gasteiger partial charge in [-0.15, -0.1) is 12.4 Å². The van der Waals surface area contributed by atoms with Gasteiger partial charge in [-0.2, -0.15) is 0 Å². The number of benzene rings is 1. The van der Waals surface area contributed by atoms with Gasteiger partial charge in [0.2, 0.25) is 5.91 Å². The monoisotopic (exact) mass is 300 g/mol. The molecule has 0 heterocycles. The fourth-order valence-electron chi connectivity index (χ4n) is 1.60. The van der Waals surface area contributed by atoms with Gasteiger partial charge in [-0.05, 0) is 31.9 Å². The summed E-state index contributed by atoms with van der Waals surface area (Å²) in [6, 6.07) is 9.75.